The van der Waals surface area contributed by atoms with Crippen molar-refractivity contribution in [3.8, 4) is 0 Å². The van der Waals surface area contributed by atoms with Gasteiger partial charge in [-0.1, -0.05) is 39.0 Å². The lowest BCUT2D eigenvalue weighted by molar-refractivity contribution is 0.354. The number of nitrogens with two attached hydrogens (primary N) is 1. The predicted octanol–water partition coefficient (Wildman–Crippen LogP) is 1.61. The molecule has 1 fully saturated rings. The summed E-state index contributed by atoms with van der Waals surface area (Å²) in [7, 11) is -2.79. The third-order valence-electron chi connectivity index (χ3n) is 3.67. The van der Waals surface area contributed by atoms with Crippen LogP contribution in [0, 0.1) is 5.92 Å². The SMILES string of the molecule is CCCCCCCC(NN)C1CCS(=O)(=O)C1. The van der Waals surface area contributed by atoms with Gasteiger partial charge in [0.1, 0.15) is 0 Å². The van der Waals surface area contributed by atoms with Crippen molar-refractivity contribution >= 4 is 9.84 Å². The lowest BCUT2D eigenvalue weighted by Gasteiger charge is -2.21. The van der Waals surface area contributed by atoms with Crippen LogP contribution in [0.1, 0.15) is 51.9 Å². The molecule has 2 unspecified atom stereocenters. The van der Waals surface area contributed by atoms with Crippen molar-refractivity contribution in [3.63, 3.8) is 0 Å². The molecule has 0 spiro atoms. The summed E-state index contributed by atoms with van der Waals surface area (Å²) < 4.78 is 22.8. The fourth-order valence-corrected chi connectivity index (χ4v) is 4.44. The Morgan fingerprint density at radius 3 is 2.53 bits per heavy atom. The van der Waals surface area contributed by atoms with Crippen LogP contribution >= 0.6 is 0 Å². The summed E-state index contributed by atoms with van der Waals surface area (Å²) in [4.78, 5) is 0. The molecule has 4 nitrogen and oxygen atoms in total. The standard InChI is InChI=1S/C12H26N2O2S/c1-2-3-4-5-6-7-12(14-13)11-8-9-17(15,16)10-11/h11-12,14H,2-10,13H2,1H3. The lowest BCUT2D eigenvalue weighted by Crippen LogP contribution is -2.41. The van der Waals surface area contributed by atoms with Crippen LogP contribution in [-0.2, 0) is 9.84 Å². The average molecular weight is 262 g/mol. The van der Waals surface area contributed by atoms with Gasteiger partial charge in [0.2, 0.25) is 0 Å². The van der Waals surface area contributed by atoms with E-state index < -0.39 is 9.84 Å². The molecule has 5 heteroatoms. The monoisotopic (exact) mass is 262 g/mol. The maximum Gasteiger partial charge on any atom is 0.150 e. The normalized spacial score (nSPS) is 24.9. The number of hydrogen-bond donors (Lipinski definition) is 2. The molecule has 1 aliphatic rings. The van der Waals surface area contributed by atoms with Gasteiger partial charge in [-0.2, -0.15) is 0 Å². The van der Waals surface area contributed by atoms with Gasteiger partial charge in [-0.3, -0.25) is 11.3 Å². The molecular weight excluding hydrogens is 236 g/mol. The van der Waals surface area contributed by atoms with Crippen molar-refractivity contribution in [2.75, 3.05) is 11.5 Å². The van der Waals surface area contributed by atoms with E-state index in [-0.39, 0.29) is 12.0 Å². The van der Waals surface area contributed by atoms with Crippen LogP contribution < -0.4 is 11.3 Å². The minimum Gasteiger partial charge on any atom is -0.271 e. The second kappa shape index (κ2) is 7.34. The highest BCUT2D eigenvalue weighted by atomic mass is 32.2. The van der Waals surface area contributed by atoms with Crippen LogP contribution in [0.2, 0.25) is 0 Å². The number of hydrogen-bond acceptors (Lipinski definition) is 4. The van der Waals surface area contributed by atoms with Gasteiger partial charge in [-0.05, 0) is 18.8 Å². The van der Waals surface area contributed by atoms with Crippen molar-refractivity contribution in [2.24, 2.45) is 11.8 Å². The Hall–Kier alpha value is -0.130. The maximum absolute atomic E-state index is 11.4. The topological polar surface area (TPSA) is 72.2 Å². The summed E-state index contributed by atoms with van der Waals surface area (Å²) in [6, 6.07) is 0.175. The van der Waals surface area contributed by atoms with Crippen molar-refractivity contribution < 1.29 is 8.42 Å². The predicted molar refractivity (Wildman–Crippen MR) is 71.2 cm³/mol. The summed E-state index contributed by atoms with van der Waals surface area (Å²) in [5.74, 6) is 6.41. The minimum absolute atomic E-state index is 0.175. The van der Waals surface area contributed by atoms with Crippen LogP contribution in [0.3, 0.4) is 0 Å². The molecule has 102 valence electrons. The van der Waals surface area contributed by atoms with E-state index in [2.05, 4.69) is 12.3 Å². The first-order valence-electron chi connectivity index (χ1n) is 6.75. The zero-order chi connectivity index (χ0) is 12.7. The maximum atomic E-state index is 11.4. The third kappa shape index (κ3) is 5.36. The van der Waals surface area contributed by atoms with E-state index in [1.807, 2.05) is 0 Å². The summed E-state index contributed by atoms with van der Waals surface area (Å²) >= 11 is 0. The second-order valence-electron chi connectivity index (χ2n) is 5.14. The Morgan fingerprint density at radius 2 is 2.00 bits per heavy atom. The van der Waals surface area contributed by atoms with E-state index in [1.54, 1.807) is 0 Å². The fraction of sp³-hybridized carbons (Fsp3) is 1.00. The van der Waals surface area contributed by atoms with Gasteiger partial charge in [0, 0.05) is 6.04 Å². The molecule has 0 aromatic carbocycles. The summed E-state index contributed by atoms with van der Waals surface area (Å²) in [6.45, 7) is 2.20. The van der Waals surface area contributed by atoms with E-state index in [0.717, 1.165) is 19.3 Å². The number of rotatable bonds is 8. The largest absolute Gasteiger partial charge is 0.271 e. The first kappa shape index (κ1) is 14.9. The van der Waals surface area contributed by atoms with E-state index in [4.69, 9.17) is 5.84 Å². The van der Waals surface area contributed by atoms with Crippen LogP contribution in [0.15, 0.2) is 0 Å². The molecule has 0 saturated carbocycles. The highest BCUT2D eigenvalue weighted by molar-refractivity contribution is 7.91. The molecule has 0 aromatic rings. The highest BCUT2D eigenvalue weighted by Gasteiger charge is 2.32. The van der Waals surface area contributed by atoms with Crippen molar-refractivity contribution in [1.82, 2.24) is 5.43 Å². The van der Waals surface area contributed by atoms with Crippen LogP contribution in [0.4, 0.5) is 0 Å². The minimum atomic E-state index is -2.79. The second-order valence-corrected chi connectivity index (χ2v) is 7.37. The summed E-state index contributed by atoms with van der Waals surface area (Å²) in [6.07, 6.45) is 7.96. The van der Waals surface area contributed by atoms with Crippen molar-refractivity contribution in [1.29, 1.82) is 0 Å². The molecule has 1 aliphatic heterocycles. The molecule has 17 heavy (non-hydrogen) atoms. The van der Waals surface area contributed by atoms with E-state index in [1.165, 1.54) is 25.7 Å². The smallest absolute Gasteiger partial charge is 0.150 e. The summed E-state index contributed by atoms with van der Waals surface area (Å²) in [5, 5.41) is 0. The van der Waals surface area contributed by atoms with Gasteiger partial charge in [0.05, 0.1) is 11.5 Å². The number of unbranched alkanes of at least 4 members (excludes halogenated alkanes) is 4. The van der Waals surface area contributed by atoms with Gasteiger partial charge in [-0.25, -0.2) is 8.42 Å². The molecule has 0 radical (unpaired) electrons. The average Bonchev–Trinajstić information content (AvgIpc) is 2.64. The Morgan fingerprint density at radius 1 is 1.29 bits per heavy atom. The fourth-order valence-electron chi connectivity index (χ4n) is 2.56. The molecule has 0 aromatic heterocycles. The molecule has 1 heterocycles. The van der Waals surface area contributed by atoms with Crippen molar-refractivity contribution in [3.05, 3.63) is 0 Å². The molecule has 3 N–H and O–H groups in total. The molecule has 0 aliphatic carbocycles. The third-order valence-corrected chi connectivity index (χ3v) is 5.46. The first-order chi connectivity index (χ1) is 8.09. The Labute approximate surface area is 105 Å². The number of sulfone groups is 1. The van der Waals surface area contributed by atoms with E-state index >= 15 is 0 Å². The Balaban J connectivity index is 2.24. The molecule has 0 bridgehead atoms. The van der Waals surface area contributed by atoms with Gasteiger partial charge in [0.15, 0.2) is 9.84 Å². The first-order valence-corrected chi connectivity index (χ1v) is 8.57. The van der Waals surface area contributed by atoms with Gasteiger partial charge < -0.3 is 0 Å². The number of nitrogens with one attached hydrogen (secondary N) is 1. The Kier molecular flexibility index (Phi) is 6.44. The zero-order valence-corrected chi connectivity index (χ0v) is 11.6. The van der Waals surface area contributed by atoms with Crippen LogP contribution in [-0.4, -0.2) is 26.0 Å². The van der Waals surface area contributed by atoms with Crippen molar-refractivity contribution in [2.45, 2.75) is 57.9 Å². The molecule has 1 rings (SSSR count). The summed E-state index contributed by atoms with van der Waals surface area (Å²) in [5.41, 5.74) is 2.81. The lowest BCUT2D eigenvalue weighted by atomic mass is 9.94. The van der Waals surface area contributed by atoms with Gasteiger partial charge in [-0.15, -0.1) is 0 Å². The zero-order valence-electron chi connectivity index (χ0n) is 10.8. The molecule has 1 saturated heterocycles. The molecule has 0 amide bonds. The van der Waals surface area contributed by atoms with E-state index in [9.17, 15) is 8.42 Å². The van der Waals surface area contributed by atoms with Crippen LogP contribution in [0.25, 0.3) is 0 Å². The molecular formula is C12H26N2O2S. The van der Waals surface area contributed by atoms with E-state index in [0.29, 0.717) is 11.5 Å². The quantitative estimate of drug-likeness (QED) is 0.396. The molecule has 2 atom stereocenters. The number of hydrazine groups is 1. The van der Waals surface area contributed by atoms with Gasteiger partial charge in [0.25, 0.3) is 0 Å². The van der Waals surface area contributed by atoms with Crippen LogP contribution in [0.5, 0.6) is 0 Å². The van der Waals surface area contributed by atoms with Gasteiger partial charge >= 0.3 is 0 Å². The highest BCUT2D eigenvalue weighted by Crippen LogP contribution is 2.24. The Bertz CT molecular complexity index is 304.